The number of aliphatic carboxylic acids is 1. The van der Waals surface area contributed by atoms with Crippen LogP contribution in [0.3, 0.4) is 0 Å². The van der Waals surface area contributed by atoms with E-state index in [0.717, 1.165) is 16.7 Å². The number of amides is 1. The number of hydrogen-bond acceptors (Lipinski definition) is 7. The van der Waals surface area contributed by atoms with Gasteiger partial charge in [-0.25, -0.2) is 4.79 Å². The molecule has 2 N–H and O–H groups in total. The molecule has 1 amide bonds. The Morgan fingerprint density at radius 1 is 1.52 bits per heavy atom. The summed E-state index contributed by atoms with van der Waals surface area (Å²) in [5.41, 5.74) is 0.399. The number of carboxylic acid groups (broad SMARTS) is 1. The zero-order valence-electron chi connectivity index (χ0n) is 13.6. The molecule has 1 saturated heterocycles. The summed E-state index contributed by atoms with van der Waals surface area (Å²) >= 11 is 7.74. The van der Waals surface area contributed by atoms with Crippen molar-refractivity contribution in [3.05, 3.63) is 28.7 Å². The van der Waals surface area contributed by atoms with E-state index in [1.54, 1.807) is 18.2 Å². The van der Waals surface area contributed by atoms with Gasteiger partial charge in [-0.15, -0.1) is 0 Å². The molecule has 1 aromatic rings. The number of hydrogen-bond donors (Lipinski definition) is 2. The summed E-state index contributed by atoms with van der Waals surface area (Å²) in [4.78, 5) is 25.6. The van der Waals surface area contributed by atoms with E-state index in [1.807, 2.05) is 6.26 Å². The number of thiocarbonyl (C=S) groups is 1. The highest BCUT2D eigenvalue weighted by Crippen LogP contribution is 2.38. The topological polar surface area (TPSA) is 87.1 Å². The minimum Gasteiger partial charge on any atom is -0.504 e. The molecule has 1 aliphatic rings. The zero-order valence-corrected chi connectivity index (χ0v) is 16.0. The third-order valence-corrected chi connectivity index (χ3v) is 5.53. The number of benzene rings is 1. The van der Waals surface area contributed by atoms with Crippen molar-refractivity contribution in [2.45, 2.75) is 12.5 Å². The van der Waals surface area contributed by atoms with Crippen molar-refractivity contribution in [1.82, 2.24) is 4.90 Å². The fraction of sp³-hybridized carbons (Fsp3) is 0.312. The Morgan fingerprint density at radius 2 is 2.24 bits per heavy atom. The van der Waals surface area contributed by atoms with E-state index < -0.39 is 17.9 Å². The van der Waals surface area contributed by atoms with Crippen LogP contribution in [0.25, 0.3) is 6.08 Å². The number of thioether (sulfide) groups is 2. The van der Waals surface area contributed by atoms with E-state index >= 15 is 0 Å². The van der Waals surface area contributed by atoms with Crippen molar-refractivity contribution in [1.29, 1.82) is 0 Å². The van der Waals surface area contributed by atoms with E-state index in [9.17, 15) is 19.8 Å². The van der Waals surface area contributed by atoms with Gasteiger partial charge in [0.15, 0.2) is 11.5 Å². The third-order valence-electron chi connectivity index (χ3n) is 3.55. The van der Waals surface area contributed by atoms with Gasteiger partial charge in [0.1, 0.15) is 10.4 Å². The van der Waals surface area contributed by atoms with Crippen molar-refractivity contribution in [2.75, 3.05) is 19.1 Å². The van der Waals surface area contributed by atoms with Crippen LogP contribution in [0.2, 0.25) is 0 Å². The van der Waals surface area contributed by atoms with Gasteiger partial charge in [0.25, 0.3) is 5.91 Å². The number of carboxylic acids is 1. The fourth-order valence-electron chi connectivity index (χ4n) is 2.30. The smallest absolute Gasteiger partial charge is 0.326 e. The van der Waals surface area contributed by atoms with Gasteiger partial charge in [0.05, 0.1) is 12.0 Å². The average molecular weight is 400 g/mol. The predicted molar refractivity (Wildman–Crippen MR) is 104 cm³/mol. The summed E-state index contributed by atoms with van der Waals surface area (Å²) in [6.07, 6.45) is 3.67. The molecule has 2 rings (SSSR count). The first-order valence-electron chi connectivity index (χ1n) is 7.25. The van der Waals surface area contributed by atoms with Crippen LogP contribution in [0.5, 0.6) is 11.5 Å². The molecule has 0 aromatic heterocycles. The van der Waals surface area contributed by atoms with Crippen molar-refractivity contribution >= 4 is 58.0 Å². The number of carbonyl (C=O) groups is 2. The van der Waals surface area contributed by atoms with Crippen molar-refractivity contribution in [2.24, 2.45) is 0 Å². The molecule has 9 heteroatoms. The molecular weight excluding hydrogens is 382 g/mol. The molecule has 1 fully saturated rings. The lowest BCUT2D eigenvalue weighted by atomic mass is 10.1. The molecule has 0 saturated carbocycles. The Kier molecular flexibility index (Phi) is 6.74. The maximum atomic E-state index is 12.7. The normalized spacial score (nSPS) is 17.2. The number of aromatic hydroxyl groups is 1. The van der Waals surface area contributed by atoms with Gasteiger partial charge >= 0.3 is 5.97 Å². The third kappa shape index (κ3) is 4.28. The summed E-state index contributed by atoms with van der Waals surface area (Å²) in [6, 6.07) is 3.92. The van der Waals surface area contributed by atoms with Crippen LogP contribution >= 0.6 is 35.7 Å². The molecule has 0 aliphatic carbocycles. The minimum absolute atomic E-state index is 0.0903. The number of carbonyl (C=O) groups excluding carboxylic acids is 1. The highest BCUT2D eigenvalue weighted by Gasteiger charge is 2.40. The summed E-state index contributed by atoms with van der Waals surface area (Å²) in [7, 11) is 1.43. The minimum atomic E-state index is -1.09. The maximum Gasteiger partial charge on any atom is 0.326 e. The monoisotopic (exact) mass is 399 g/mol. The summed E-state index contributed by atoms with van der Waals surface area (Å²) in [5.74, 6) is -0.759. The highest BCUT2D eigenvalue weighted by atomic mass is 32.2. The average Bonchev–Trinajstić information content (AvgIpc) is 2.84. The highest BCUT2D eigenvalue weighted by molar-refractivity contribution is 8.26. The Morgan fingerprint density at radius 3 is 2.84 bits per heavy atom. The lowest BCUT2D eigenvalue weighted by Crippen LogP contribution is -2.44. The molecule has 1 aliphatic heterocycles. The molecule has 0 bridgehead atoms. The Labute approximate surface area is 159 Å². The second-order valence-corrected chi connectivity index (χ2v) is 7.75. The van der Waals surface area contributed by atoms with Crippen LogP contribution in [-0.2, 0) is 9.59 Å². The van der Waals surface area contributed by atoms with Gasteiger partial charge in [-0.2, -0.15) is 11.8 Å². The first kappa shape index (κ1) is 19.6. The van der Waals surface area contributed by atoms with E-state index in [0.29, 0.717) is 17.7 Å². The molecule has 1 atom stereocenters. The first-order valence-corrected chi connectivity index (χ1v) is 9.87. The van der Waals surface area contributed by atoms with Crippen molar-refractivity contribution < 1.29 is 24.5 Å². The number of nitrogens with zero attached hydrogens (tertiary/aromatic N) is 1. The van der Waals surface area contributed by atoms with Crippen LogP contribution in [0, 0.1) is 0 Å². The van der Waals surface area contributed by atoms with Gasteiger partial charge < -0.3 is 14.9 Å². The molecule has 6 nitrogen and oxygen atoms in total. The predicted octanol–water partition coefficient (Wildman–Crippen LogP) is 2.81. The number of para-hydroxylation sites is 1. The number of phenols is 1. The van der Waals surface area contributed by atoms with Crippen LogP contribution < -0.4 is 4.74 Å². The van der Waals surface area contributed by atoms with Crippen LogP contribution in [0.15, 0.2) is 23.1 Å². The second-order valence-electron chi connectivity index (χ2n) is 5.09. The van der Waals surface area contributed by atoms with Crippen molar-refractivity contribution in [3.63, 3.8) is 0 Å². The maximum absolute atomic E-state index is 12.7. The molecule has 1 heterocycles. The Balaban J connectivity index is 2.33. The second kappa shape index (κ2) is 8.59. The van der Waals surface area contributed by atoms with Crippen molar-refractivity contribution in [3.8, 4) is 11.5 Å². The van der Waals surface area contributed by atoms with Gasteiger partial charge in [0, 0.05) is 5.56 Å². The summed E-state index contributed by atoms with van der Waals surface area (Å²) in [6.45, 7) is 0. The first-order chi connectivity index (χ1) is 11.9. The number of phenolic OH excluding ortho intramolecular Hbond substituents is 1. The lowest BCUT2D eigenvalue weighted by molar-refractivity contribution is -0.145. The molecule has 1 aromatic carbocycles. The standard InChI is InChI=1S/C16H17NO5S3/c1-22-11-5-3-4-9(13(11)18)8-12-14(19)17(16(23)25-12)10(15(20)21)6-7-24-2/h3-5,8,10,18H,6-7H2,1-2H3,(H,20,21)/b12-8-/t10-/m0/s1. The molecular formula is C16H17NO5S3. The van der Waals surface area contributed by atoms with Crippen LogP contribution in [0.1, 0.15) is 12.0 Å². The fourth-order valence-corrected chi connectivity index (χ4v) is 4.11. The number of methoxy groups -OCH3 is 1. The molecule has 0 radical (unpaired) electrons. The zero-order chi connectivity index (χ0) is 18.6. The largest absolute Gasteiger partial charge is 0.504 e. The number of rotatable bonds is 7. The molecule has 134 valence electrons. The van der Waals surface area contributed by atoms with Gasteiger partial charge in [-0.05, 0) is 30.6 Å². The lowest BCUT2D eigenvalue weighted by Gasteiger charge is -2.22. The molecule has 25 heavy (non-hydrogen) atoms. The quantitative estimate of drug-likeness (QED) is 0.535. The Hall–Kier alpha value is -1.71. The van der Waals surface area contributed by atoms with Gasteiger partial charge in [-0.3, -0.25) is 9.69 Å². The van der Waals surface area contributed by atoms with E-state index in [4.69, 9.17) is 17.0 Å². The van der Waals surface area contributed by atoms with Gasteiger partial charge in [-0.1, -0.05) is 36.1 Å². The molecule has 0 unspecified atom stereocenters. The Bertz CT molecular complexity index is 734. The summed E-state index contributed by atoms with van der Waals surface area (Å²) < 4.78 is 5.25. The van der Waals surface area contributed by atoms with E-state index in [2.05, 4.69) is 0 Å². The molecule has 0 spiro atoms. The number of ether oxygens (including phenoxy) is 1. The van der Waals surface area contributed by atoms with Crippen LogP contribution in [-0.4, -0.2) is 56.5 Å². The SMILES string of the molecule is COc1cccc(/C=C2\SC(=S)N([C@@H](CCSC)C(=O)O)C2=O)c1O. The summed E-state index contributed by atoms with van der Waals surface area (Å²) in [5, 5.41) is 19.6. The van der Waals surface area contributed by atoms with Gasteiger partial charge in [0.2, 0.25) is 0 Å². The van der Waals surface area contributed by atoms with E-state index in [1.165, 1.54) is 24.9 Å². The van der Waals surface area contributed by atoms with Crippen LogP contribution in [0.4, 0.5) is 0 Å². The van der Waals surface area contributed by atoms with E-state index in [-0.39, 0.29) is 20.7 Å².